The Balaban J connectivity index is 2.32. The van der Waals surface area contributed by atoms with Crippen molar-refractivity contribution in [1.29, 1.82) is 0 Å². The molecule has 6 heteroatoms. The first-order valence-corrected chi connectivity index (χ1v) is 6.19. The maximum atomic E-state index is 11.1. The van der Waals surface area contributed by atoms with Crippen LogP contribution in [0.25, 0.3) is 0 Å². The van der Waals surface area contributed by atoms with E-state index in [0.717, 1.165) is 25.7 Å². The molecule has 0 radical (unpaired) electrons. The van der Waals surface area contributed by atoms with Crippen molar-refractivity contribution in [1.82, 2.24) is 4.72 Å². The molecule has 0 spiro atoms. The lowest BCUT2D eigenvalue weighted by molar-refractivity contribution is -0.120. The molecule has 0 aliphatic heterocycles. The zero-order valence-corrected chi connectivity index (χ0v) is 8.72. The van der Waals surface area contributed by atoms with E-state index >= 15 is 0 Å². The van der Waals surface area contributed by atoms with Gasteiger partial charge in [0, 0.05) is 6.42 Å². The molecular weight excluding hydrogens is 206 g/mol. The van der Waals surface area contributed by atoms with Crippen LogP contribution in [0.2, 0.25) is 0 Å². The molecule has 0 aromatic carbocycles. The molecule has 1 saturated carbocycles. The Morgan fingerprint density at radius 2 is 1.86 bits per heavy atom. The predicted octanol–water partition coefficient (Wildman–Crippen LogP) is 0.876. The minimum Gasteiger partial charge on any atom is -0.274 e. The maximum absolute atomic E-state index is 11.1. The topological polar surface area (TPSA) is 83.5 Å². The SMILES string of the molecule is O=C(CC1CCCCC1)NS(=O)(=O)O. The molecule has 82 valence electrons. The van der Waals surface area contributed by atoms with Gasteiger partial charge in [0.2, 0.25) is 5.91 Å². The number of carbonyl (C=O) groups is 1. The van der Waals surface area contributed by atoms with Crippen molar-refractivity contribution in [3.8, 4) is 0 Å². The standard InChI is InChI=1S/C8H15NO4S/c10-8(9-14(11,12)13)6-7-4-2-1-3-5-7/h7H,1-6H2,(H,9,10)(H,11,12,13). The van der Waals surface area contributed by atoms with Crippen molar-refractivity contribution in [3.63, 3.8) is 0 Å². The van der Waals surface area contributed by atoms with Crippen molar-refractivity contribution < 1.29 is 17.8 Å². The van der Waals surface area contributed by atoms with Gasteiger partial charge in [0.15, 0.2) is 0 Å². The van der Waals surface area contributed by atoms with Crippen molar-refractivity contribution in [2.75, 3.05) is 0 Å². The molecule has 14 heavy (non-hydrogen) atoms. The van der Waals surface area contributed by atoms with E-state index in [1.54, 1.807) is 4.72 Å². The van der Waals surface area contributed by atoms with Gasteiger partial charge in [0.25, 0.3) is 0 Å². The highest BCUT2D eigenvalue weighted by Crippen LogP contribution is 2.25. The molecule has 1 amide bonds. The zero-order chi connectivity index (χ0) is 10.6. The monoisotopic (exact) mass is 221 g/mol. The minimum atomic E-state index is -4.37. The van der Waals surface area contributed by atoms with E-state index in [2.05, 4.69) is 0 Å². The molecule has 0 saturated heterocycles. The van der Waals surface area contributed by atoms with Gasteiger partial charge in [0.05, 0.1) is 0 Å². The smallest absolute Gasteiger partial charge is 0.274 e. The van der Waals surface area contributed by atoms with Gasteiger partial charge < -0.3 is 0 Å². The second kappa shape index (κ2) is 4.75. The van der Waals surface area contributed by atoms with Crippen molar-refractivity contribution in [3.05, 3.63) is 0 Å². The van der Waals surface area contributed by atoms with Gasteiger partial charge in [-0.15, -0.1) is 0 Å². The number of nitrogens with one attached hydrogen (secondary N) is 1. The Morgan fingerprint density at radius 3 is 2.36 bits per heavy atom. The van der Waals surface area contributed by atoms with Crippen LogP contribution in [0.3, 0.4) is 0 Å². The highest BCUT2D eigenvalue weighted by molar-refractivity contribution is 7.84. The number of carbonyl (C=O) groups excluding carboxylic acids is 1. The first-order chi connectivity index (χ1) is 6.47. The summed E-state index contributed by atoms with van der Waals surface area (Å²) in [5.74, 6) is -0.343. The van der Waals surface area contributed by atoms with Gasteiger partial charge >= 0.3 is 10.3 Å². The molecule has 0 heterocycles. The largest absolute Gasteiger partial charge is 0.359 e. The lowest BCUT2D eigenvalue weighted by Crippen LogP contribution is -2.31. The minimum absolute atomic E-state index is 0.194. The van der Waals surface area contributed by atoms with Crippen molar-refractivity contribution >= 4 is 16.2 Å². The summed E-state index contributed by atoms with van der Waals surface area (Å²) in [7, 11) is -4.37. The van der Waals surface area contributed by atoms with Crippen LogP contribution in [0.5, 0.6) is 0 Å². The molecule has 0 aromatic rings. The lowest BCUT2D eigenvalue weighted by Gasteiger charge is -2.20. The van der Waals surface area contributed by atoms with Gasteiger partial charge in [0.1, 0.15) is 0 Å². The summed E-state index contributed by atoms with van der Waals surface area (Å²) in [6, 6.07) is 0. The highest BCUT2D eigenvalue weighted by atomic mass is 32.2. The Hall–Kier alpha value is -0.620. The van der Waals surface area contributed by atoms with E-state index in [1.165, 1.54) is 6.42 Å². The molecule has 0 atom stereocenters. The van der Waals surface area contributed by atoms with Crippen LogP contribution in [0.15, 0.2) is 0 Å². The van der Waals surface area contributed by atoms with Crippen LogP contribution >= 0.6 is 0 Å². The Bertz CT molecular complexity index is 292. The first kappa shape index (κ1) is 11.5. The molecule has 5 nitrogen and oxygen atoms in total. The molecule has 0 unspecified atom stereocenters. The van der Waals surface area contributed by atoms with Crippen LogP contribution in [0, 0.1) is 5.92 Å². The zero-order valence-electron chi connectivity index (χ0n) is 7.90. The van der Waals surface area contributed by atoms with Crippen LogP contribution in [0.4, 0.5) is 0 Å². The average molecular weight is 221 g/mol. The van der Waals surface area contributed by atoms with Crippen LogP contribution in [0.1, 0.15) is 38.5 Å². The normalized spacial score (nSPS) is 19.2. The second-order valence-electron chi connectivity index (χ2n) is 3.71. The summed E-state index contributed by atoms with van der Waals surface area (Å²) >= 11 is 0. The third-order valence-electron chi connectivity index (χ3n) is 2.44. The number of hydrogen-bond donors (Lipinski definition) is 2. The van der Waals surface area contributed by atoms with Gasteiger partial charge in [-0.2, -0.15) is 8.42 Å². The van der Waals surface area contributed by atoms with E-state index in [1.807, 2.05) is 0 Å². The van der Waals surface area contributed by atoms with E-state index in [-0.39, 0.29) is 12.3 Å². The predicted molar refractivity (Wildman–Crippen MR) is 50.9 cm³/mol. The fraction of sp³-hybridized carbons (Fsp3) is 0.875. The molecule has 0 bridgehead atoms. The quantitative estimate of drug-likeness (QED) is 0.693. The molecule has 1 rings (SSSR count). The van der Waals surface area contributed by atoms with Gasteiger partial charge in [-0.3, -0.25) is 9.35 Å². The summed E-state index contributed by atoms with van der Waals surface area (Å²) in [6.07, 6.45) is 5.53. The van der Waals surface area contributed by atoms with E-state index in [9.17, 15) is 13.2 Å². The second-order valence-corrected chi connectivity index (χ2v) is 4.86. The third kappa shape index (κ3) is 4.57. The molecule has 1 fully saturated rings. The summed E-state index contributed by atoms with van der Waals surface area (Å²) in [6.45, 7) is 0. The van der Waals surface area contributed by atoms with Gasteiger partial charge in [-0.1, -0.05) is 19.3 Å². The number of hydrogen-bond acceptors (Lipinski definition) is 3. The highest BCUT2D eigenvalue weighted by Gasteiger charge is 2.19. The van der Waals surface area contributed by atoms with E-state index in [4.69, 9.17) is 4.55 Å². The van der Waals surface area contributed by atoms with Crippen molar-refractivity contribution in [2.24, 2.45) is 5.92 Å². The van der Waals surface area contributed by atoms with Crippen LogP contribution in [-0.4, -0.2) is 18.9 Å². The summed E-state index contributed by atoms with van der Waals surface area (Å²) in [5, 5.41) is 0. The molecule has 1 aliphatic carbocycles. The fourth-order valence-electron chi connectivity index (χ4n) is 1.84. The number of rotatable bonds is 3. The Morgan fingerprint density at radius 1 is 1.29 bits per heavy atom. The summed E-state index contributed by atoms with van der Waals surface area (Å²) < 4.78 is 30.5. The molecular formula is C8H15NO4S. The maximum Gasteiger partial charge on any atom is 0.359 e. The number of amides is 1. The van der Waals surface area contributed by atoms with Crippen molar-refractivity contribution in [2.45, 2.75) is 38.5 Å². The van der Waals surface area contributed by atoms with Crippen LogP contribution < -0.4 is 4.72 Å². The van der Waals surface area contributed by atoms with Crippen LogP contribution in [-0.2, 0) is 15.1 Å². The Labute approximate surface area is 83.8 Å². The Kier molecular flexibility index (Phi) is 3.88. The fourth-order valence-corrected chi connectivity index (χ4v) is 2.21. The molecule has 2 N–H and O–H groups in total. The third-order valence-corrected chi connectivity index (χ3v) is 2.93. The van der Waals surface area contributed by atoms with E-state index < -0.39 is 16.2 Å². The van der Waals surface area contributed by atoms with E-state index in [0.29, 0.717) is 0 Å². The molecule has 0 aromatic heterocycles. The van der Waals surface area contributed by atoms with Gasteiger partial charge in [-0.25, -0.2) is 4.72 Å². The summed E-state index contributed by atoms with van der Waals surface area (Å²) in [5.41, 5.74) is 0. The molecule has 1 aliphatic rings. The average Bonchev–Trinajstić information content (AvgIpc) is 2.02. The van der Waals surface area contributed by atoms with Gasteiger partial charge in [-0.05, 0) is 18.8 Å². The first-order valence-electron chi connectivity index (χ1n) is 4.75. The lowest BCUT2D eigenvalue weighted by atomic mass is 9.87. The summed E-state index contributed by atoms with van der Waals surface area (Å²) in [4.78, 5) is 11.1.